The summed E-state index contributed by atoms with van der Waals surface area (Å²) in [7, 11) is -3.33. The molecule has 1 fully saturated rings. The fourth-order valence-electron chi connectivity index (χ4n) is 1.54. The van der Waals surface area contributed by atoms with E-state index in [1.165, 1.54) is 0 Å². The van der Waals surface area contributed by atoms with Crippen molar-refractivity contribution in [2.75, 3.05) is 12.4 Å². The van der Waals surface area contributed by atoms with Crippen LogP contribution in [-0.4, -0.2) is 37.8 Å². The van der Waals surface area contributed by atoms with Crippen molar-refractivity contribution in [3.05, 3.63) is 0 Å². The molecule has 0 amide bonds. The summed E-state index contributed by atoms with van der Waals surface area (Å²) in [6.07, 6.45) is 1.59. The van der Waals surface area contributed by atoms with E-state index in [9.17, 15) is 8.42 Å². The molecular weight excluding hydrogens is 250 g/mol. The second kappa shape index (κ2) is 5.21. The number of alkyl halides is 1. The highest BCUT2D eigenvalue weighted by molar-refractivity contribution is 7.89. The molecule has 0 aromatic heterocycles. The standard InChI is InChI=1S/C10H20ClNO3S/c1-8(11)10(2,3)12-16(13,14)7-9-5-4-6-15-9/h8-9,12H,4-7H2,1-3H3. The first kappa shape index (κ1) is 14.2. The van der Waals surface area contributed by atoms with Gasteiger partial charge in [-0.3, -0.25) is 0 Å². The number of hydrogen-bond donors (Lipinski definition) is 1. The number of rotatable bonds is 5. The lowest BCUT2D eigenvalue weighted by Crippen LogP contribution is -2.50. The van der Waals surface area contributed by atoms with Crippen LogP contribution in [0.2, 0.25) is 0 Å². The van der Waals surface area contributed by atoms with Crippen LogP contribution in [0.1, 0.15) is 33.6 Å². The molecule has 1 saturated heterocycles. The normalized spacial score (nSPS) is 24.6. The SMILES string of the molecule is CC(Cl)C(C)(C)NS(=O)(=O)CC1CCCO1. The predicted octanol–water partition coefficient (Wildman–Crippen LogP) is 1.49. The van der Waals surface area contributed by atoms with Gasteiger partial charge in [-0.05, 0) is 33.6 Å². The molecule has 1 rings (SSSR count). The monoisotopic (exact) mass is 269 g/mol. The van der Waals surface area contributed by atoms with Crippen molar-refractivity contribution in [3.8, 4) is 0 Å². The Kier molecular flexibility index (Phi) is 4.63. The van der Waals surface area contributed by atoms with E-state index in [1.54, 1.807) is 20.8 Å². The molecule has 1 aliphatic rings. The van der Waals surface area contributed by atoms with E-state index >= 15 is 0 Å². The van der Waals surface area contributed by atoms with Gasteiger partial charge in [0.2, 0.25) is 10.0 Å². The topological polar surface area (TPSA) is 55.4 Å². The summed E-state index contributed by atoms with van der Waals surface area (Å²) >= 11 is 5.93. The Balaban J connectivity index is 2.57. The third kappa shape index (κ3) is 4.20. The summed E-state index contributed by atoms with van der Waals surface area (Å²) in [5, 5.41) is -0.272. The minimum Gasteiger partial charge on any atom is -0.377 e. The zero-order valence-electron chi connectivity index (χ0n) is 9.99. The first-order valence-electron chi connectivity index (χ1n) is 5.50. The van der Waals surface area contributed by atoms with Gasteiger partial charge < -0.3 is 4.74 Å². The fourth-order valence-corrected chi connectivity index (χ4v) is 3.48. The van der Waals surface area contributed by atoms with Crippen molar-refractivity contribution in [2.24, 2.45) is 0 Å². The fraction of sp³-hybridized carbons (Fsp3) is 1.00. The number of hydrogen-bond acceptors (Lipinski definition) is 3. The number of nitrogens with one attached hydrogen (secondary N) is 1. The first-order valence-corrected chi connectivity index (χ1v) is 7.59. The molecule has 2 atom stereocenters. The number of ether oxygens (including phenoxy) is 1. The lowest BCUT2D eigenvalue weighted by atomic mass is 10.0. The smallest absolute Gasteiger partial charge is 0.214 e. The molecule has 16 heavy (non-hydrogen) atoms. The molecule has 6 heteroatoms. The largest absolute Gasteiger partial charge is 0.377 e. The van der Waals surface area contributed by atoms with Gasteiger partial charge >= 0.3 is 0 Å². The molecule has 0 aromatic carbocycles. The molecule has 96 valence electrons. The maximum absolute atomic E-state index is 11.9. The van der Waals surface area contributed by atoms with E-state index in [0.29, 0.717) is 6.61 Å². The van der Waals surface area contributed by atoms with Gasteiger partial charge in [-0.1, -0.05) is 0 Å². The maximum atomic E-state index is 11.9. The number of sulfonamides is 1. The average Bonchev–Trinajstić information content (AvgIpc) is 2.52. The zero-order chi connectivity index (χ0) is 12.4. The Labute approximate surface area is 103 Å². The summed E-state index contributed by atoms with van der Waals surface area (Å²) in [6.45, 7) is 5.99. The minimum atomic E-state index is -3.33. The van der Waals surface area contributed by atoms with E-state index in [-0.39, 0.29) is 17.2 Å². The molecule has 4 nitrogen and oxygen atoms in total. The molecule has 0 bridgehead atoms. The summed E-state index contributed by atoms with van der Waals surface area (Å²) in [4.78, 5) is 0. The lowest BCUT2D eigenvalue weighted by molar-refractivity contribution is 0.127. The molecule has 0 aromatic rings. The van der Waals surface area contributed by atoms with Crippen LogP contribution in [0.15, 0.2) is 0 Å². The number of halogens is 1. The van der Waals surface area contributed by atoms with Crippen molar-refractivity contribution >= 4 is 21.6 Å². The van der Waals surface area contributed by atoms with Crippen molar-refractivity contribution in [1.82, 2.24) is 4.72 Å². The third-order valence-corrected chi connectivity index (χ3v) is 5.04. The average molecular weight is 270 g/mol. The molecule has 0 aliphatic carbocycles. The van der Waals surface area contributed by atoms with Gasteiger partial charge in [0.1, 0.15) is 0 Å². The Morgan fingerprint density at radius 1 is 1.56 bits per heavy atom. The van der Waals surface area contributed by atoms with E-state index in [0.717, 1.165) is 12.8 Å². The van der Waals surface area contributed by atoms with Crippen LogP contribution >= 0.6 is 11.6 Å². The highest BCUT2D eigenvalue weighted by Gasteiger charge is 2.31. The van der Waals surface area contributed by atoms with Crippen LogP contribution in [-0.2, 0) is 14.8 Å². The van der Waals surface area contributed by atoms with Crippen LogP contribution in [0.3, 0.4) is 0 Å². The predicted molar refractivity (Wildman–Crippen MR) is 65.3 cm³/mol. The Morgan fingerprint density at radius 3 is 2.62 bits per heavy atom. The van der Waals surface area contributed by atoms with Crippen LogP contribution in [0, 0.1) is 0 Å². The van der Waals surface area contributed by atoms with Gasteiger partial charge in [0, 0.05) is 17.5 Å². The third-order valence-electron chi connectivity index (χ3n) is 2.84. The van der Waals surface area contributed by atoms with Crippen molar-refractivity contribution < 1.29 is 13.2 Å². The van der Waals surface area contributed by atoms with E-state index in [1.807, 2.05) is 0 Å². The highest BCUT2D eigenvalue weighted by Crippen LogP contribution is 2.18. The van der Waals surface area contributed by atoms with Crippen LogP contribution in [0.4, 0.5) is 0 Å². The second-order valence-corrected chi connectivity index (χ2v) is 7.28. The van der Waals surface area contributed by atoms with Crippen molar-refractivity contribution in [2.45, 2.75) is 50.6 Å². The van der Waals surface area contributed by atoms with Gasteiger partial charge in [-0.25, -0.2) is 13.1 Å². The minimum absolute atomic E-state index is 0.0278. The lowest BCUT2D eigenvalue weighted by Gasteiger charge is -2.29. The maximum Gasteiger partial charge on any atom is 0.214 e. The molecule has 1 N–H and O–H groups in total. The summed E-state index contributed by atoms with van der Waals surface area (Å²) in [6, 6.07) is 0. The molecule has 0 spiro atoms. The van der Waals surface area contributed by atoms with E-state index in [2.05, 4.69) is 4.72 Å². The highest BCUT2D eigenvalue weighted by atomic mass is 35.5. The Hall–Kier alpha value is 0.160. The van der Waals surface area contributed by atoms with Crippen molar-refractivity contribution in [1.29, 1.82) is 0 Å². The molecule has 2 unspecified atom stereocenters. The van der Waals surface area contributed by atoms with Gasteiger partial charge in [0.05, 0.1) is 11.9 Å². The Morgan fingerprint density at radius 2 is 2.19 bits per heavy atom. The Bertz CT molecular complexity index is 321. The van der Waals surface area contributed by atoms with Crippen LogP contribution in [0.25, 0.3) is 0 Å². The summed E-state index contributed by atoms with van der Waals surface area (Å²) < 4.78 is 31.6. The molecule has 1 heterocycles. The molecule has 0 saturated carbocycles. The van der Waals surface area contributed by atoms with E-state index in [4.69, 9.17) is 16.3 Å². The first-order chi connectivity index (χ1) is 7.23. The second-order valence-electron chi connectivity index (χ2n) is 4.86. The quantitative estimate of drug-likeness (QED) is 0.770. The van der Waals surface area contributed by atoms with Gasteiger partial charge in [0.25, 0.3) is 0 Å². The molecule has 1 aliphatic heterocycles. The molecule has 0 radical (unpaired) electrons. The van der Waals surface area contributed by atoms with Crippen LogP contribution < -0.4 is 4.72 Å². The zero-order valence-corrected chi connectivity index (χ0v) is 11.6. The summed E-state index contributed by atoms with van der Waals surface area (Å²) in [5.74, 6) is 0.0278. The van der Waals surface area contributed by atoms with Crippen molar-refractivity contribution in [3.63, 3.8) is 0 Å². The van der Waals surface area contributed by atoms with Gasteiger partial charge in [-0.2, -0.15) is 0 Å². The van der Waals surface area contributed by atoms with Gasteiger partial charge in [-0.15, -0.1) is 11.6 Å². The van der Waals surface area contributed by atoms with E-state index < -0.39 is 15.6 Å². The molecular formula is C10H20ClNO3S. The van der Waals surface area contributed by atoms with Gasteiger partial charge in [0.15, 0.2) is 0 Å². The van der Waals surface area contributed by atoms with Crippen LogP contribution in [0.5, 0.6) is 0 Å². The summed E-state index contributed by atoms with van der Waals surface area (Å²) in [5.41, 5.74) is -0.640.